The van der Waals surface area contributed by atoms with Crippen LogP contribution < -0.4 is 16.6 Å². The summed E-state index contributed by atoms with van der Waals surface area (Å²) >= 11 is 0. The first kappa shape index (κ1) is 13.8. The van der Waals surface area contributed by atoms with Gasteiger partial charge in [-0.2, -0.15) is 0 Å². The van der Waals surface area contributed by atoms with Crippen LogP contribution in [0.4, 0.5) is 5.69 Å². The second kappa shape index (κ2) is 6.02. The fourth-order valence-corrected chi connectivity index (χ4v) is 2.67. The first-order valence-corrected chi connectivity index (χ1v) is 6.81. The SMILES string of the molecule is CC(N)C1CCC(C(=O)Nc2cc[nH]c(=O)c2)CC1. The molecule has 1 atom stereocenters. The number of hydrogen-bond donors (Lipinski definition) is 3. The third kappa shape index (κ3) is 3.67. The summed E-state index contributed by atoms with van der Waals surface area (Å²) < 4.78 is 0. The van der Waals surface area contributed by atoms with Crippen molar-refractivity contribution < 1.29 is 4.79 Å². The minimum atomic E-state index is -0.210. The highest BCUT2D eigenvalue weighted by atomic mass is 16.2. The fraction of sp³-hybridized carbons (Fsp3) is 0.571. The van der Waals surface area contributed by atoms with E-state index in [1.165, 1.54) is 12.3 Å². The number of rotatable bonds is 3. The fourth-order valence-electron chi connectivity index (χ4n) is 2.67. The third-order valence-corrected chi connectivity index (χ3v) is 3.93. The summed E-state index contributed by atoms with van der Waals surface area (Å²) in [7, 11) is 0. The van der Waals surface area contributed by atoms with Gasteiger partial charge in [-0.1, -0.05) is 0 Å². The van der Waals surface area contributed by atoms with Crippen LogP contribution in [-0.4, -0.2) is 16.9 Å². The van der Waals surface area contributed by atoms with Gasteiger partial charge in [0.1, 0.15) is 0 Å². The molecule has 104 valence electrons. The number of pyridine rings is 1. The first-order valence-electron chi connectivity index (χ1n) is 6.81. The van der Waals surface area contributed by atoms with Gasteiger partial charge in [0.25, 0.3) is 0 Å². The molecule has 1 unspecified atom stereocenters. The Hall–Kier alpha value is -1.62. The Morgan fingerprint density at radius 1 is 1.42 bits per heavy atom. The first-order chi connectivity index (χ1) is 9.06. The van der Waals surface area contributed by atoms with Crippen molar-refractivity contribution >= 4 is 11.6 Å². The summed E-state index contributed by atoms with van der Waals surface area (Å²) in [6.45, 7) is 2.03. The van der Waals surface area contributed by atoms with Crippen molar-refractivity contribution in [1.29, 1.82) is 0 Å². The molecule has 0 spiro atoms. The van der Waals surface area contributed by atoms with E-state index < -0.39 is 0 Å². The average Bonchev–Trinajstić information content (AvgIpc) is 2.39. The Balaban J connectivity index is 1.90. The van der Waals surface area contributed by atoms with Gasteiger partial charge < -0.3 is 16.0 Å². The summed E-state index contributed by atoms with van der Waals surface area (Å²) in [5.74, 6) is 0.576. The lowest BCUT2D eigenvalue weighted by atomic mass is 9.79. The molecule has 0 saturated heterocycles. The van der Waals surface area contributed by atoms with Gasteiger partial charge in [0.2, 0.25) is 11.5 Å². The van der Waals surface area contributed by atoms with Gasteiger partial charge in [-0.15, -0.1) is 0 Å². The predicted octanol–water partition coefficient (Wildman–Crippen LogP) is 1.47. The van der Waals surface area contributed by atoms with E-state index >= 15 is 0 Å². The Labute approximate surface area is 112 Å². The molecular weight excluding hydrogens is 242 g/mol. The molecule has 0 radical (unpaired) electrons. The van der Waals surface area contributed by atoms with Gasteiger partial charge in [0.05, 0.1) is 0 Å². The number of carbonyl (C=O) groups is 1. The lowest BCUT2D eigenvalue weighted by molar-refractivity contribution is -0.121. The maximum absolute atomic E-state index is 12.1. The Morgan fingerprint density at radius 2 is 2.11 bits per heavy atom. The zero-order valence-corrected chi connectivity index (χ0v) is 11.2. The Bertz CT molecular complexity index is 487. The van der Waals surface area contributed by atoms with Crippen LogP contribution in [0.3, 0.4) is 0 Å². The van der Waals surface area contributed by atoms with Crippen molar-refractivity contribution in [2.24, 2.45) is 17.6 Å². The van der Waals surface area contributed by atoms with Crippen molar-refractivity contribution in [3.05, 3.63) is 28.7 Å². The van der Waals surface area contributed by atoms with Gasteiger partial charge in [-0.3, -0.25) is 9.59 Å². The number of carbonyl (C=O) groups excluding carboxylic acids is 1. The molecular formula is C14H21N3O2. The third-order valence-electron chi connectivity index (χ3n) is 3.93. The summed E-state index contributed by atoms with van der Waals surface area (Å²) in [6.07, 6.45) is 5.30. The van der Waals surface area contributed by atoms with Gasteiger partial charge in [-0.25, -0.2) is 0 Å². The molecule has 5 heteroatoms. The van der Waals surface area contributed by atoms with E-state index in [2.05, 4.69) is 10.3 Å². The summed E-state index contributed by atoms with van der Waals surface area (Å²) in [6, 6.07) is 3.29. The van der Waals surface area contributed by atoms with Crippen LogP contribution in [0.5, 0.6) is 0 Å². The lowest BCUT2D eigenvalue weighted by Gasteiger charge is -2.29. The Morgan fingerprint density at radius 3 is 2.68 bits per heavy atom. The van der Waals surface area contributed by atoms with Crippen LogP contribution in [-0.2, 0) is 4.79 Å². The minimum Gasteiger partial charge on any atom is -0.329 e. The quantitative estimate of drug-likeness (QED) is 0.771. The van der Waals surface area contributed by atoms with Crippen LogP contribution in [0, 0.1) is 11.8 Å². The van der Waals surface area contributed by atoms with E-state index in [1.54, 1.807) is 6.07 Å². The number of aromatic amines is 1. The molecule has 2 rings (SSSR count). The highest BCUT2D eigenvalue weighted by Crippen LogP contribution is 2.30. The molecule has 4 N–H and O–H groups in total. The zero-order chi connectivity index (χ0) is 13.8. The molecule has 1 fully saturated rings. The van der Waals surface area contributed by atoms with E-state index in [1.807, 2.05) is 6.92 Å². The number of aromatic nitrogens is 1. The number of amides is 1. The van der Waals surface area contributed by atoms with E-state index in [9.17, 15) is 9.59 Å². The molecule has 1 aliphatic carbocycles. The van der Waals surface area contributed by atoms with Crippen LogP contribution in [0.2, 0.25) is 0 Å². The zero-order valence-electron chi connectivity index (χ0n) is 11.2. The molecule has 0 aromatic carbocycles. The van der Waals surface area contributed by atoms with E-state index in [-0.39, 0.29) is 23.4 Å². The largest absolute Gasteiger partial charge is 0.329 e. The van der Waals surface area contributed by atoms with Gasteiger partial charge in [0, 0.05) is 29.9 Å². The second-order valence-electron chi connectivity index (χ2n) is 5.40. The van der Waals surface area contributed by atoms with Crippen LogP contribution in [0.25, 0.3) is 0 Å². The highest BCUT2D eigenvalue weighted by Gasteiger charge is 2.27. The second-order valence-corrected chi connectivity index (χ2v) is 5.40. The van der Waals surface area contributed by atoms with Crippen molar-refractivity contribution in [1.82, 2.24) is 4.98 Å². The molecule has 1 aromatic heterocycles. The normalized spacial score (nSPS) is 24.7. The highest BCUT2D eigenvalue weighted by molar-refractivity contribution is 5.92. The maximum Gasteiger partial charge on any atom is 0.249 e. The van der Waals surface area contributed by atoms with Crippen LogP contribution >= 0.6 is 0 Å². The predicted molar refractivity (Wildman–Crippen MR) is 74.8 cm³/mol. The number of H-pyrrole nitrogens is 1. The smallest absolute Gasteiger partial charge is 0.249 e. The van der Waals surface area contributed by atoms with Crippen molar-refractivity contribution in [3.8, 4) is 0 Å². The van der Waals surface area contributed by atoms with Crippen molar-refractivity contribution in [2.45, 2.75) is 38.6 Å². The van der Waals surface area contributed by atoms with Gasteiger partial charge in [-0.05, 0) is 44.6 Å². The lowest BCUT2D eigenvalue weighted by Crippen LogP contribution is -2.33. The van der Waals surface area contributed by atoms with Crippen LogP contribution in [0.15, 0.2) is 23.1 Å². The van der Waals surface area contributed by atoms with Gasteiger partial charge >= 0.3 is 0 Å². The standard InChI is InChI=1S/C14H21N3O2/c1-9(15)10-2-4-11(5-3-10)14(19)17-12-6-7-16-13(18)8-12/h6-11H,2-5,15H2,1H3,(H2,16,17,18,19). The number of nitrogens with one attached hydrogen (secondary N) is 2. The molecule has 1 aliphatic rings. The average molecular weight is 263 g/mol. The van der Waals surface area contributed by atoms with Crippen molar-refractivity contribution in [2.75, 3.05) is 5.32 Å². The molecule has 1 saturated carbocycles. The molecule has 1 heterocycles. The van der Waals surface area contributed by atoms with Gasteiger partial charge in [0.15, 0.2) is 0 Å². The minimum absolute atomic E-state index is 0.00808. The molecule has 0 aliphatic heterocycles. The molecule has 5 nitrogen and oxygen atoms in total. The number of anilines is 1. The molecule has 1 amide bonds. The molecule has 1 aromatic rings. The summed E-state index contributed by atoms with van der Waals surface area (Å²) in [5, 5.41) is 2.81. The summed E-state index contributed by atoms with van der Waals surface area (Å²) in [4.78, 5) is 25.8. The molecule has 19 heavy (non-hydrogen) atoms. The molecule has 0 bridgehead atoms. The number of hydrogen-bond acceptors (Lipinski definition) is 3. The van der Waals surface area contributed by atoms with Crippen molar-refractivity contribution in [3.63, 3.8) is 0 Å². The Kier molecular flexibility index (Phi) is 4.37. The van der Waals surface area contributed by atoms with Crippen LogP contribution in [0.1, 0.15) is 32.6 Å². The topological polar surface area (TPSA) is 88.0 Å². The van der Waals surface area contributed by atoms with E-state index in [0.717, 1.165) is 25.7 Å². The van der Waals surface area contributed by atoms with E-state index in [4.69, 9.17) is 5.73 Å². The maximum atomic E-state index is 12.1. The van der Waals surface area contributed by atoms with E-state index in [0.29, 0.717) is 11.6 Å². The monoisotopic (exact) mass is 263 g/mol. The summed E-state index contributed by atoms with van der Waals surface area (Å²) in [5.41, 5.74) is 6.24. The number of nitrogens with two attached hydrogens (primary N) is 1.